The molecule has 1 heterocycles. The Morgan fingerprint density at radius 2 is 2.18 bits per heavy atom. The third-order valence-electron chi connectivity index (χ3n) is 1.74. The third-order valence-corrected chi connectivity index (χ3v) is 1.74. The molecular weight excluding hydrogens is 150 g/mol. The number of hydrogen-bond acceptors (Lipinski definition) is 3. The maximum absolute atomic E-state index is 10.8. The Balaban J connectivity index is 2.96. The van der Waals surface area contributed by atoms with E-state index in [1.807, 2.05) is 5.32 Å². The number of imide groups is 1. The lowest BCUT2D eigenvalue weighted by molar-refractivity contribution is -0.152. The Morgan fingerprint density at radius 1 is 1.64 bits per heavy atom. The van der Waals surface area contributed by atoms with Gasteiger partial charge >= 0.3 is 5.97 Å². The topological polar surface area (TPSA) is 83.5 Å². The highest BCUT2D eigenvalue weighted by atomic mass is 16.4. The van der Waals surface area contributed by atoms with Crippen molar-refractivity contribution in [3.8, 4) is 0 Å². The van der Waals surface area contributed by atoms with Crippen LogP contribution < -0.4 is 5.32 Å². The number of carboxylic acid groups (broad SMARTS) is 1. The van der Waals surface area contributed by atoms with Gasteiger partial charge in [0.25, 0.3) is 0 Å². The van der Waals surface area contributed by atoms with Gasteiger partial charge in [-0.25, -0.2) is 0 Å². The molecule has 1 rings (SSSR count). The van der Waals surface area contributed by atoms with Crippen molar-refractivity contribution in [3.63, 3.8) is 0 Å². The number of rotatable bonds is 1. The Morgan fingerprint density at radius 3 is 2.36 bits per heavy atom. The van der Waals surface area contributed by atoms with Crippen molar-refractivity contribution >= 4 is 17.8 Å². The van der Waals surface area contributed by atoms with E-state index >= 15 is 0 Å². The minimum atomic E-state index is -1.56. The van der Waals surface area contributed by atoms with Crippen molar-refractivity contribution in [3.05, 3.63) is 0 Å². The van der Waals surface area contributed by atoms with Crippen LogP contribution >= 0.6 is 0 Å². The van der Waals surface area contributed by atoms with E-state index in [2.05, 4.69) is 0 Å². The number of hydrogen-bond donors (Lipinski definition) is 2. The Hall–Kier alpha value is -1.39. The zero-order chi connectivity index (χ0) is 8.65. The summed E-state index contributed by atoms with van der Waals surface area (Å²) in [5, 5.41) is 10.5. The normalized spacial score (nSPS) is 30.3. The summed E-state index contributed by atoms with van der Waals surface area (Å²) in [7, 11) is 0. The monoisotopic (exact) mass is 157 g/mol. The molecule has 2 amide bonds. The van der Waals surface area contributed by atoms with Gasteiger partial charge in [0.15, 0.2) is 5.41 Å². The van der Waals surface area contributed by atoms with E-state index in [9.17, 15) is 14.4 Å². The second-order valence-corrected chi connectivity index (χ2v) is 2.69. The fourth-order valence-corrected chi connectivity index (χ4v) is 0.883. The van der Waals surface area contributed by atoms with E-state index in [1.165, 1.54) is 6.92 Å². The third kappa shape index (κ3) is 0.978. The van der Waals surface area contributed by atoms with E-state index < -0.39 is 23.2 Å². The molecule has 1 fully saturated rings. The lowest BCUT2D eigenvalue weighted by atomic mass is 9.89. The summed E-state index contributed by atoms with van der Waals surface area (Å²) in [5.74, 6) is -2.52. The first-order chi connectivity index (χ1) is 4.97. The molecule has 1 unspecified atom stereocenters. The summed E-state index contributed by atoms with van der Waals surface area (Å²) < 4.78 is 0. The van der Waals surface area contributed by atoms with Gasteiger partial charge in [0.05, 0.1) is 6.42 Å². The fourth-order valence-electron chi connectivity index (χ4n) is 0.883. The molecule has 1 aliphatic heterocycles. The minimum absolute atomic E-state index is 0.263. The van der Waals surface area contributed by atoms with Crippen molar-refractivity contribution in [2.24, 2.45) is 5.41 Å². The highest BCUT2D eigenvalue weighted by Crippen LogP contribution is 2.26. The summed E-state index contributed by atoms with van der Waals surface area (Å²) in [6.45, 7) is 1.23. The summed E-state index contributed by atoms with van der Waals surface area (Å²) in [6.07, 6.45) is -0.263. The van der Waals surface area contributed by atoms with E-state index in [4.69, 9.17) is 5.11 Å². The molecule has 0 spiro atoms. The smallest absolute Gasteiger partial charge is 0.319 e. The molecule has 0 aromatic heterocycles. The number of carbonyl (C=O) groups is 3. The van der Waals surface area contributed by atoms with Crippen molar-refractivity contribution < 1.29 is 19.5 Å². The molecule has 5 heteroatoms. The van der Waals surface area contributed by atoms with Crippen LogP contribution in [0, 0.1) is 5.41 Å². The van der Waals surface area contributed by atoms with Crippen LogP contribution in [-0.2, 0) is 14.4 Å². The molecule has 0 saturated carbocycles. The molecular formula is C6H7NO4. The summed E-state index contributed by atoms with van der Waals surface area (Å²) in [6, 6.07) is 0. The number of aliphatic carboxylic acids is 1. The zero-order valence-corrected chi connectivity index (χ0v) is 5.88. The van der Waals surface area contributed by atoms with Crippen molar-refractivity contribution in [1.82, 2.24) is 5.32 Å². The van der Waals surface area contributed by atoms with Gasteiger partial charge in [0, 0.05) is 0 Å². The summed E-state index contributed by atoms with van der Waals surface area (Å²) >= 11 is 0. The van der Waals surface area contributed by atoms with Crippen LogP contribution in [0.4, 0.5) is 0 Å². The van der Waals surface area contributed by atoms with Gasteiger partial charge in [-0.3, -0.25) is 19.7 Å². The lowest BCUT2D eigenvalue weighted by Gasteiger charge is -2.11. The van der Waals surface area contributed by atoms with E-state index in [1.54, 1.807) is 0 Å². The predicted octanol–water partition coefficient (Wildman–Crippen LogP) is -0.876. The van der Waals surface area contributed by atoms with E-state index in [0.717, 1.165) is 0 Å². The molecule has 1 aliphatic rings. The largest absolute Gasteiger partial charge is 0.480 e. The molecule has 0 aromatic rings. The lowest BCUT2D eigenvalue weighted by Crippen LogP contribution is -2.35. The average molecular weight is 157 g/mol. The fraction of sp³-hybridized carbons (Fsp3) is 0.500. The SMILES string of the molecule is CC1(C(=O)O)CC(=O)NC1=O. The maximum atomic E-state index is 10.8. The van der Waals surface area contributed by atoms with Crippen LogP contribution in [0.15, 0.2) is 0 Å². The van der Waals surface area contributed by atoms with Crippen LogP contribution in [-0.4, -0.2) is 22.9 Å². The van der Waals surface area contributed by atoms with Gasteiger partial charge in [-0.15, -0.1) is 0 Å². The maximum Gasteiger partial charge on any atom is 0.319 e. The second kappa shape index (κ2) is 2.05. The standard InChI is InChI=1S/C6H7NO4/c1-6(5(10)11)2-3(8)7-4(6)9/h2H2,1H3,(H,10,11)(H,7,8,9). The average Bonchev–Trinajstić information content (AvgIpc) is 2.08. The summed E-state index contributed by atoms with van der Waals surface area (Å²) in [4.78, 5) is 31.9. The Kier molecular flexibility index (Phi) is 1.44. The second-order valence-electron chi connectivity index (χ2n) is 2.69. The molecule has 11 heavy (non-hydrogen) atoms. The van der Waals surface area contributed by atoms with Gasteiger partial charge in [0.1, 0.15) is 0 Å². The molecule has 5 nitrogen and oxygen atoms in total. The first kappa shape index (κ1) is 7.71. The molecule has 1 atom stereocenters. The van der Waals surface area contributed by atoms with Gasteiger partial charge < -0.3 is 5.11 Å². The zero-order valence-electron chi connectivity index (χ0n) is 5.88. The van der Waals surface area contributed by atoms with Gasteiger partial charge in [-0.2, -0.15) is 0 Å². The predicted molar refractivity (Wildman–Crippen MR) is 33.5 cm³/mol. The Labute approximate surface area is 62.4 Å². The van der Waals surface area contributed by atoms with Crippen molar-refractivity contribution in [2.45, 2.75) is 13.3 Å². The van der Waals surface area contributed by atoms with Gasteiger partial charge in [-0.05, 0) is 6.92 Å². The molecule has 1 saturated heterocycles. The van der Waals surface area contributed by atoms with Crippen LogP contribution in [0.3, 0.4) is 0 Å². The molecule has 0 bridgehead atoms. The van der Waals surface area contributed by atoms with Gasteiger partial charge in [-0.1, -0.05) is 0 Å². The van der Waals surface area contributed by atoms with E-state index in [-0.39, 0.29) is 6.42 Å². The number of nitrogens with one attached hydrogen (secondary N) is 1. The number of amides is 2. The minimum Gasteiger partial charge on any atom is -0.480 e. The molecule has 60 valence electrons. The van der Waals surface area contributed by atoms with Crippen LogP contribution in [0.1, 0.15) is 13.3 Å². The molecule has 0 radical (unpaired) electrons. The highest BCUT2D eigenvalue weighted by Gasteiger charge is 2.48. The van der Waals surface area contributed by atoms with E-state index in [0.29, 0.717) is 0 Å². The van der Waals surface area contributed by atoms with Crippen LogP contribution in [0.25, 0.3) is 0 Å². The number of carbonyl (C=O) groups excluding carboxylic acids is 2. The first-order valence-corrected chi connectivity index (χ1v) is 3.04. The molecule has 0 aliphatic carbocycles. The van der Waals surface area contributed by atoms with Crippen LogP contribution in [0.5, 0.6) is 0 Å². The van der Waals surface area contributed by atoms with Crippen molar-refractivity contribution in [2.75, 3.05) is 0 Å². The van der Waals surface area contributed by atoms with Crippen LogP contribution in [0.2, 0.25) is 0 Å². The van der Waals surface area contributed by atoms with Crippen molar-refractivity contribution in [1.29, 1.82) is 0 Å². The molecule has 2 N–H and O–H groups in total. The number of carboxylic acids is 1. The van der Waals surface area contributed by atoms with Gasteiger partial charge in [0.2, 0.25) is 11.8 Å². The molecule has 0 aromatic carbocycles. The highest BCUT2D eigenvalue weighted by molar-refractivity contribution is 6.15. The quantitative estimate of drug-likeness (QED) is 0.382. The summed E-state index contributed by atoms with van der Waals surface area (Å²) in [5.41, 5.74) is -1.56. The Bertz CT molecular complexity index is 247. The first-order valence-electron chi connectivity index (χ1n) is 3.04.